The minimum Gasteiger partial charge on any atom is -0.454 e. The Morgan fingerprint density at radius 3 is 2.67 bits per heavy atom. The molecule has 1 fully saturated rings. The Morgan fingerprint density at radius 1 is 1.11 bits per heavy atom. The normalized spacial score (nSPS) is 15.7. The van der Waals surface area contributed by atoms with Gasteiger partial charge in [-0.1, -0.05) is 48.3 Å². The van der Waals surface area contributed by atoms with Gasteiger partial charge in [-0.2, -0.15) is 0 Å². The Morgan fingerprint density at radius 2 is 1.89 bits per heavy atom. The van der Waals surface area contributed by atoms with Gasteiger partial charge in [-0.3, -0.25) is 18.9 Å². The van der Waals surface area contributed by atoms with Crippen LogP contribution in [0.5, 0.6) is 11.5 Å². The quantitative estimate of drug-likeness (QED) is 0.252. The second-order valence-electron chi connectivity index (χ2n) is 8.02. The van der Waals surface area contributed by atoms with Gasteiger partial charge in [0.15, 0.2) is 11.5 Å². The van der Waals surface area contributed by atoms with E-state index in [1.54, 1.807) is 36.6 Å². The zero-order chi connectivity index (χ0) is 25.2. The molecule has 0 spiro atoms. The number of hydrogen-bond acceptors (Lipinski definition) is 8. The minimum absolute atomic E-state index is 0.176. The summed E-state index contributed by atoms with van der Waals surface area (Å²) in [5.74, 6) is 1.49. The van der Waals surface area contributed by atoms with Crippen LogP contribution in [0.4, 0.5) is 5.82 Å². The number of carbonyl (C=O) groups is 1. The van der Waals surface area contributed by atoms with Crippen LogP contribution < -0.4 is 19.9 Å². The Kier molecular flexibility index (Phi) is 6.62. The van der Waals surface area contributed by atoms with Crippen molar-refractivity contribution in [1.29, 1.82) is 0 Å². The maximum absolute atomic E-state index is 13.5. The van der Waals surface area contributed by atoms with Crippen LogP contribution in [-0.2, 0) is 11.3 Å². The summed E-state index contributed by atoms with van der Waals surface area (Å²) in [5.41, 5.74) is 1.37. The molecule has 0 radical (unpaired) electrons. The summed E-state index contributed by atoms with van der Waals surface area (Å²) in [6, 6.07) is 10.9. The average molecular weight is 519 g/mol. The van der Waals surface area contributed by atoms with Crippen LogP contribution in [0.2, 0.25) is 0 Å². The first-order valence-corrected chi connectivity index (χ1v) is 12.3. The Labute approximate surface area is 217 Å². The first kappa shape index (κ1) is 23.8. The zero-order valence-electron chi connectivity index (χ0n) is 19.3. The topological polar surface area (TPSA) is 76.4 Å². The molecule has 8 nitrogen and oxygen atoms in total. The second kappa shape index (κ2) is 10.00. The molecule has 1 amide bonds. The highest BCUT2D eigenvalue weighted by Crippen LogP contribution is 2.37. The monoisotopic (exact) mass is 518 g/mol. The van der Waals surface area contributed by atoms with Crippen LogP contribution in [0, 0.1) is 0 Å². The molecule has 2 aromatic heterocycles. The zero-order valence-corrected chi connectivity index (χ0v) is 20.9. The van der Waals surface area contributed by atoms with Crippen molar-refractivity contribution >= 4 is 51.7 Å². The summed E-state index contributed by atoms with van der Waals surface area (Å²) in [6.07, 6.45) is 6.70. The smallest absolute Gasteiger partial charge is 0.267 e. The van der Waals surface area contributed by atoms with Crippen molar-refractivity contribution in [3.05, 3.63) is 94.3 Å². The summed E-state index contributed by atoms with van der Waals surface area (Å²) >= 11 is 6.68. The fraction of sp³-hybridized carbons (Fsp3) is 0.154. The van der Waals surface area contributed by atoms with Crippen LogP contribution in [0.3, 0.4) is 0 Å². The van der Waals surface area contributed by atoms with E-state index in [0.29, 0.717) is 50.8 Å². The number of benzene rings is 1. The number of aromatic nitrogens is 2. The van der Waals surface area contributed by atoms with E-state index in [2.05, 4.69) is 13.2 Å². The van der Waals surface area contributed by atoms with Crippen molar-refractivity contribution in [2.45, 2.75) is 6.54 Å². The number of anilines is 1. The van der Waals surface area contributed by atoms with E-state index in [9.17, 15) is 9.59 Å². The van der Waals surface area contributed by atoms with Crippen molar-refractivity contribution in [2.24, 2.45) is 0 Å². The minimum atomic E-state index is -0.283. The predicted octanol–water partition coefficient (Wildman–Crippen LogP) is 4.00. The van der Waals surface area contributed by atoms with Gasteiger partial charge in [0.05, 0.1) is 17.0 Å². The number of hydrogen-bond donors (Lipinski definition) is 0. The highest BCUT2D eigenvalue weighted by atomic mass is 32.2. The molecule has 3 aromatic rings. The van der Waals surface area contributed by atoms with Gasteiger partial charge in [0, 0.05) is 19.3 Å². The molecular formula is C26H22N4O4S2. The van der Waals surface area contributed by atoms with E-state index >= 15 is 0 Å². The molecule has 1 aromatic carbocycles. The third-order valence-corrected chi connectivity index (χ3v) is 7.05. The van der Waals surface area contributed by atoms with Crippen LogP contribution in [0.25, 0.3) is 11.7 Å². The van der Waals surface area contributed by atoms with Gasteiger partial charge in [-0.15, -0.1) is 13.2 Å². The van der Waals surface area contributed by atoms with Gasteiger partial charge in [0.1, 0.15) is 15.8 Å². The van der Waals surface area contributed by atoms with Crippen molar-refractivity contribution in [2.75, 3.05) is 24.8 Å². The van der Waals surface area contributed by atoms with Crippen LogP contribution in [0.15, 0.2) is 77.6 Å². The molecule has 0 bridgehead atoms. The molecule has 2 aliphatic heterocycles. The maximum atomic E-state index is 13.5. The lowest BCUT2D eigenvalue weighted by molar-refractivity contribution is -0.122. The molecule has 2 aliphatic rings. The third-order valence-electron chi connectivity index (χ3n) is 5.67. The molecule has 4 heterocycles. The third kappa shape index (κ3) is 4.40. The van der Waals surface area contributed by atoms with E-state index in [-0.39, 0.29) is 24.8 Å². The molecule has 0 atom stereocenters. The number of nitrogens with zero attached hydrogens (tertiary/aromatic N) is 4. The van der Waals surface area contributed by atoms with Crippen LogP contribution >= 0.6 is 24.0 Å². The lowest BCUT2D eigenvalue weighted by atomic mass is 10.2. The number of fused-ring (bicyclic) bond motifs is 2. The number of rotatable bonds is 8. The summed E-state index contributed by atoms with van der Waals surface area (Å²) in [4.78, 5) is 35.4. The van der Waals surface area contributed by atoms with Gasteiger partial charge < -0.3 is 14.4 Å². The SMILES string of the molecule is C=CCN(CC=C)c1nc2ccccn2c(=O)c1/C=C1\SC(=S)N(Cc2ccc3c(c2)OCO3)C1=O. The molecular weight excluding hydrogens is 496 g/mol. The largest absolute Gasteiger partial charge is 0.454 e. The first-order chi connectivity index (χ1) is 17.5. The van der Waals surface area contributed by atoms with E-state index in [1.165, 1.54) is 9.30 Å². The lowest BCUT2D eigenvalue weighted by Gasteiger charge is -2.22. The number of ether oxygens (including phenoxy) is 2. The molecule has 0 N–H and O–H groups in total. The standard InChI is InChI=1S/C26H22N4O4S2/c1-3-10-28(11-4-2)23-18(24(31)29-12-6-5-7-22(29)27-23)14-21-25(32)30(26(35)36-21)15-17-8-9-19-20(13-17)34-16-33-19/h3-9,12-14H,1-2,10-11,15-16H2/b21-14-. The number of carbonyl (C=O) groups excluding carboxylic acids is 1. The Bertz CT molecular complexity index is 1490. The summed E-state index contributed by atoms with van der Waals surface area (Å²) in [5, 5.41) is 0. The number of thioether (sulfide) groups is 1. The van der Waals surface area contributed by atoms with Crippen molar-refractivity contribution in [3.8, 4) is 11.5 Å². The van der Waals surface area contributed by atoms with Gasteiger partial charge in [-0.25, -0.2) is 4.98 Å². The number of amides is 1. The molecule has 0 saturated carbocycles. The van der Waals surface area contributed by atoms with Gasteiger partial charge in [0.25, 0.3) is 11.5 Å². The van der Waals surface area contributed by atoms with Crippen molar-refractivity contribution in [1.82, 2.24) is 14.3 Å². The van der Waals surface area contributed by atoms with Crippen molar-refractivity contribution in [3.63, 3.8) is 0 Å². The molecule has 36 heavy (non-hydrogen) atoms. The van der Waals surface area contributed by atoms with E-state index in [1.807, 2.05) is 29.2 Å². The van der Waals surface area contributed by atoms with Gasteiger partial charge in [-0.05, 0) is 35.9 Å². The molecule has 0 unspecified atom stereocenters. The average Bonchev–Trinajstić information content (AvgIpc) is 3.45. The van der Waals surface area contributed by atoms with Crippen LogP contribution in [0.1, 0.15) is 11.1 Å². The molecule has 5 rings (SSSR count). The number of thiocarbonyl (C=S) groups is 1. The van der Waals surface area contributed by atoms with Crippen LogP contribution in [-0.4, -0.2) is 44.4 Å². The van der Waals surface area contributed by atoms with E-state index < -0.39 is 0 Å². The molecule has 1 saturated heterocycles. The van der Waals surface area contributed by atoms with Gasteiger partial charge >= 0.3 is 0 Å². The summed E-state index contributed by atoms with van der Waals surface area (Å²) in [7, 11) is 0. The van der Waals surface area contributed by atoms with Gasteiger partial charge in [0.2, 0.25) is 6.79 Å². The summed E-state index contributed by atoms with van der Waals surface area (Å²) in [6.45, 7) is 8.99. The Balaban J connectivity index is 1.53. The molecule has 10 heteroatoms. The fourth-order valence-electron chi connectivity index (χ4n) is 4.01. The van der Waals surface area contributed by atoms with Crippen molar-refractivity contribution < 1.29 is 14.3 Å². The highest BCUT2D eigenvalue weighted by molar-refractivity contribution is 8.26. The lowest BCUT2D eigenvalue weighted by Crippen LogP contribution is -2.30. The van der Waals surface area contributed by atoms with E-state index in [0.717, 1.165) is 17.3 Å². The number of pyridine rings is 1. The summed E-state index contributed by atoms with van der Waals surface area (Å²) < 4.78 is 12.7. The highest BCUT2D eigenvalue weighted by Gasteiger charge is 2.33. The first-order valence-electron chi connectivity index (χ1n) is 11.1. The predicted molar refractivity (Wildman–Crippen MR) is 145 cm³/mol. The van der Waals surface area contributed by atoms with E-state index in [4.69, 9.17) is 26.7 Å². The molecule has 182 valence electrons. The maximum Gasteiger partial charge on any atom is 0.267 e. The second-order valence-corrected chi connectivity index (χ2v) is 9.70. The molecule has 0 aliphatic carbocycles. The Hall–Kier alpha value is -3.89. The fourth-order valence-corrected chi connectivity index (χ4v) is 5.24.